The number of amides is 1. The Balaban J connectivity index is 2.09. The molecule has 1 aromatic rings. The van der Waals surface area contributed by atoms with Gasteiger partial charge in [-0.2, -0.15) is 0 Å². The number of carbonyl (C=O) groups excluding carboxylic acids is 1. The predicted octanol–water partition coefficient (Wildman–Crippen LogP) is 2.47. The molecule has 0 aliphatic rings. The molecule has 1 aromatic carbocycles. The molecule has 1 amide bonds. The van der Waals surface area contributed by atoms with Crippen molar-refractivity contribution in [3.8, 4) is 5.75 Å². The van der Waals surface area contributed by atoms with Gasteiger partial charge in [0.05, 0.1) is 26.2 Å². The van der Waals surface area contributed by atoms with Crippen molar-refractivity contribution in [3.05, 3.63) is 42.0 Å². The molecule has 0 saturated carbocycles. The smallest absolute Gasteiger partial charge is 0.223 e. The molecular formula is C16H23NO3. The molecule has 0 fully saturated rings. The van der Waals surface area contributed by atoms with Crippen molar-refractivity contribution in [1.82, 2.24) is 5.32 Å². The first-order valence-corrected chi connectivity index (χ1v) is 6.77. The maximum atomic E-state index is 11.6. The van der Waals surface area contributed by atoms with Gasteiger partial charge in [0, 0.05) is 6.54 Å². The van der Waals surface area contributed by atoms with E-state index in [1.165, 1.54) is 0 Å². The lowest BCUT2D eigenvalue weighted by atomic mass is 10.2. The number of para-hydroxylation sites is 1. The summed E-state index contributed by atoms with van der Waals surface area (Å²) in [6.45, 7) is 9.54. The van der Waals surface area contributed by atoms with Crippen LogP contribution in [0.25, 0.3) is 0 Å². The van der Waals surface area contributed by atoms with E-state index in [4.69, 9.17) is 9.47 Å². The largest absolute Gasteiger partial charge is 0.493 e. The minimum absolute atomic E-state index is 0.0301. The van der Waals surface area contributed by atoms with Crippen LogP contribution in [0.5, 0.6) is 5.75 Å². The Hall–Kier alpha value is -1.81. The van der Waals surface area contributed by atoms with Crippen molar-refractivity contribution in [2.24, 2.45) is 0 Å². The highest BCUT2D eigenvalue weighted by Gasteiger charge is 2.02. The Morgan fingerprint density at radius 1 is 1.30 bits per heavy atom. The summed E-state index contributed by atoms with van der Waals surface area (Å²) in [5.74, 6) is 0.794. The summed E-state index contributed by atoms with van der Waals surface area (Å²) >= 11 is 0. The number of rotatable bonds is 9. The van der Waals surface area contributed by atoms with E-state index >= 15 is 0 Å². The van der Waals surface area contributed by atoms with E-state index in [0.29, 0.717) is 32.8 Å². The maximum absolute atomic E-state index is 11.6. The first kappa shape index (κ1) is 16.2. The number of aryl methyl sites for hydroxylation is 1. The molecule has 1 N–H and O–H groups in total. The quantitative estimate of drug-likeness (QED) is 0.557. The van der Waals surface area contributed by atoms with Gasteiger partial charge in [-0.15, -0.1) is 0 Å². The summed E-state index contributed by atoms with van der Waals surface area (Å²) in [7, 11) is 0. The van der Waals surface area contributed by atoms with E-state index in [1.54, 1.807) is 0 Å². The third-order valence-electron chi connectivity index (χ3n) is 2.60. The van der Waals surface area contributed by atoms with Gasteiger partial charge in [0.15, 0.2) is 0 Å². The zero-order chi connectivity index (χ0) is 14.8. The Labute approximate surface area is 120 Å². The van der Waals surface area contributed by atoms with Gasteiger partial charge < -0.3 is 14.8 Å². The molecule has 20 heavy (non-hydrogen) atoms. The summed E-state index contributed by atoms with van der Waals surface area (Å²) in [6.07, 6.45) is 0.342. The van der Waals surface area contributed by atoms with Crippen LogP contribution in [-0.4, -0.2) is 32.3 Å². The lowest BCUT2D eigenvalue weighted by molar-refractivity contribution is -0.121. The van der Waals surface area contributed by atoms with Crippen LogP contribution in [0.2, 0.25) is 0 Å². The number of hydrogen-bond donors (Lipinski definition) is 1. The highest BCUT2D eigenvalue weighted by Crippen LogP contribution is 2.15. The second-order valence-electron chi connectivity index (χ2n) is 4.72. The second kappa shape index (κ2) is 9.15. The van der Waals surface area contributed by atoms with Crippen molar-refractivity contribution in [1.29, 1.82) is 0 Å². The van der Waals surface area contributed by atoms with Gasteiger partial charge in [-0.1, -0.05) is 30.4 Å². The van der Waals surface area contributed by atoms with Crippen LogP contribution < -0.4 is 10.1 Å². The predicted molar refractivity (Wildman–Crippen MR) is 79.9 cm³/mol. The number of ether oxygens (including phenoxy) is 2. The lowest BCUT2D eigenvalue weighted by Gasteiger charge is -2.09. The molecule has 0 spiro atoms. The zero-order valence-electron chi connectivity index (χ0n) is 12.3. The topological polar surface area (TPSA) is 47.6 Å². The van der Waals surface area contributed by atoms with Crippen LogP contribution >= 0.6 is 0 Å². The Bertz CT molecular complexity index is 443. The van der Waals surface area contributed by atoms with Crippen molar-refractivity contribution in [2.45, 2.75) is 20.3 Å². The molecule has 0 aliphatic carbocycles. The summed E-state index contributed by atoms with van der Waals surface area (Å²) in [4.78, 5) is 11.6. The van der Waals surface area contributed by atoms with Gasteiger partial charge >= 0.3 is 0 Å². The molecule has 0 unspecified atom stereocenters. The van der Waals surface area contributed by atoms with E-state index in [9.17, 15) is 4.79 Å². The van der Waals surface area contributed by atoms with Crippen molar-refractivity contribution < 1.29 is 14.3 Å². The highest BCUT2D eigenvalue weighted by atomic mass is 16.5. The summed E-state index contributed by atoms with van der Waals surface area (Å²) in [6, 6.07) is 7.76. The van der Waals surface area contributed by atoms with E-state index in [0.717, 1.165) is 16.9 Å². The fourth-order valence-electron chi connectivity index (χ4n) is 1.57. The molecule has 0 radical (unpaired) electrons. The van der Waals surface area contributed by atoms with E-state index < -0.39 is 0 Å². The monoisotopic (exact) mass is 277 g/mol. The molecule has 0 aliphatic heterocycles. The fourth-order valence-corrected chi connectivity index (χ4v) is 1.57. The number of hydrogen-bond acceptors (Lipinski definition) is 3. The summed E-state index contributed by atoms with van der Waals surface area (Å²) < 4.78 is 10.9. The molecule has 110 valence electrons. The van der Waals surface area contributed by atoms with E-state index in [1.807, 2.05) is 38.1 Å². The zero-order valence-corrected chi connectivity index (χ0v) is 12.3. The average Bonchev–Trinajstić information content (AvgIpc) is 2.40. The minimum atomic E-state index is -0.0301. The van der Waals surface area contributed by atoms with E-state index in [2.05, 4.69) is 11.9 Å². The summed E-state index contributed by atoms with van der Waals surface area (Å²) in [5.41, 5.74) is 2.05. The maximum Gasteiger partial charge on any atom is 0.223 e. The van der Waals surface area contributed by atoms with Crippen LogP contribution in [0, 0.1) is 6.92 Å². The number of benzene rings is 1. The molecular weight excluding hydrogens is 254 g/mol. The Morgan fingerprint density at radius 3 is 2.75 bits per heavy atom. The van der Waals surface area contributed by atoms with Gasteiger partial charge in [-0.3, -0.25) is 4.79 Å². The van der Waals surface area contributed by atoms with Gasteiger partial charge in [0.25, 0.3) is 0 Å². The molecule has 0 bridgehead atoms. The lowest BCUT2D eigenvalue weighted by Crippen LogP contribution is -2.28. The average molecular weight is 277 g/mol. The molecule has 0 heterocycles. The van der Waals surface area contributed by atoms with Crippen LogP contribution in [0.3, 0.4) is 0 Å². The van der Waals surface area contributed by atoms with Crippen LogP contribution in [0.1, 0.15) is 18.9 Å². The molecule has 4 nitrogen and oxygen atoms in total. The molecule has 0 aromatic heterocycles. The first-order chi connectivity index (χ1) is 9.59. The molecule has 4 heteroatoms. The SMILES string of the molecule is C=C(C)COCCNC(=O)CCOc1ccccc1C. The second-order valence-corrected chi connectivity index (χ2v) is 4.72. The number of carbonyl (C=O) groups is 1. The minimum Gasteiger partial charge on any atom is -0.493 e. The standard InChI is InChI=1S/C16H23NO3/c1-13(2)12-19-11-9-17-16(18)8-10-20-15-7-5-4-6-14(15)3/h4-7H,1,8-12H2,2-3H3,(H,17,18). The fraction of sp³-hybridized carbons (Fsp3) is 0.438. The third-order valence-corrected chi connectivity index (χ3v) is 2.60. The Morgan fingerprint density at radius 2 is 2.05 bits per heavy atom. The van der Waals surface area contributed by atoms with Crippen LogP contribution in [0.15, 0.2) is 36.4 Å². The van der Waals surface area contributed by atoms with Crippen LogP contribution in [-0.2, 0) is 9.53 Å². The van der Waals surface area contributed by atoms with Crippen molar-refractivity contribution >= 4 is 5.91 Å². The number of nitrogens with one attached hydrogen (secondary N) is 1. The summed E-state index contributed by atoms with van der Waals surface area (Å²) in [5, 5.41) is 2.78. The first-order valence-electron chi connectivity index (χ1n) is 6.77. The molecule has 1 rings (SSSR count). The molecule has 0 atom stereocenters. The highest BCUT2D eigenvalue weighted by molar-refractivity contribution is 5.75. The van der Waals surface area contributed by atoms with Crippen LogP contribution in [0.4, 0.5) is 0 Å². The van der Waals surface area contributed by atoms with Crippen molar-refractivity contribution in [3.63, 3.8) is 0 Å². The molecule has 0 saturated heterocycles. The van der Waals surface area contributed by atoms with Gasteiger partial charge in [0.1, 0.15) is 5.75 Å². The third kappa shape index (κ3) is 6.95. The van der Waals surface area contributed by atoms with Gasteiger partial charge in [-0.05, 0) is 25.5 Å². The Kier molecular flexibility index (Phi) is 7.43. The van der Waals surface area contributed by atoms with Gasteiger partial charge in [0.2, 0.25) is 5.91 Å². The van der Waals surface area contributed by atoms with Gasteiger partial charge in [-0.25, -0.2) is 0 Å². The normalized spacial score (nSPS) is 10.1. The van der Waals surface area contributed by atoms with Crippen molar-refractivity contribution in [2.75, 3.05) is 26.4 Å². The van der Waals surface area contributed by atoms with E-state index in [-0.39, 0.29) is 5.91 Å².